The standard InChI is InChI=1S/C14H18N6O2/c1-9-5-6-10(2)11(7-9)17-13-12(20(21)22)14(16-8-15-13)18-19(3)4/h5-8H,1-4H3,(H2,15,16,17,18). The number of anilines is 3. The Morgan fingerprint density at radius 1 is 1.18 bits per heavy atom. The molecule has 0 amide bonds. The summed E-state index contributed by atoms with van der Waals surface area (Å²) >= 11 is 0. The van der Waals surface area contributed by atoms with Crippen molar-refractivity contribution in [3.05, 3.63) is 45.8 Å². The molecule has 0 saturated carbocycles. The van der Waals surface area contributed by atoms with Gasteiger partial charge in [-0.3, -0.25) is 15.5 Å². The van der Waals surface area contributed by atoms with E-state index in [1.807, 2.05) is 32.0 Å². The van der Waals surface area contributed by atoms with Gasteiger partial charge in [-0.1, -0.05) is 12.1 Å². The second kappa shape index (κ2) is 6.35. The molecular weight excluding hydrogens is 284 g/mol. The van der Waals surface area contributed by atoms with Crippen molar-refractivity contribution in [3.63, 3.8) is 0 Å². The Labute approximate surface area is 128 Å². The lowest BCUT2D eigenvalue weighted by atomic mass is 10.1. The zero-order valence-electron chi connectivity index (χ0n) is 12.9. The average Bonchev–Trinajstić information content (AvgIpc) is 2.42. The number of hydrogen-bond acceptors (Lipinski definition) is 7. The second-order valence-electron chi connectivity index (χ2n) is 5.13. The summed E-state index contributed by atoms with van der Waals surface area (Å²) in [5.74, 6) is 0.288. The van der Waals surface area contributed by atoms with Gasteiger partial charge < -0.3 is 5.32 Å². The maximum Gasteiger partial charge on any atom is 0.354 e. The highest BCUT2D eigenvalue weighted by Gasteiger charge is 2.23. The molecule has 0 saturated heterocycles. The van der Waals surface area contributed by atoms with Crippen molar-refractivity contribution in [1.82, 2.24) is 15.0 Å². The van der Waals surface area contributed by atoms with Crippen molar-refractivity contribution in [2.45, 2.75) is 13.8 Å². The molecule has 0 radical (unpaired) electrons. The molecule has 0 atom stereocenters. The highest BCUT2D eigenvalue weighted by molar-refractivity contribution is 5.74. The van der Waals surface area contributed by atoms with E-state index in [1.165, 1.54) is 6.33 Å². The van der Waals surface area contributed by atoms with Gasteiger partial charge in [0.2, 0.25) is 11.6 Å². The predicted octanol–water partition coefficient (Wildman–Crippen LogP) is 2.63. The quantitative estimate of drug-likeness (QED) is 0.647. The molecule has 1 aromatic carbocycles. The smallest absolute Gasteiger partial charge is 0.334 e. The van der Waals surface area contributed by atoms with Crippen LogP contribution in [0.1, 0.15) is 11.1 Å². The number of rotatable bonds is 5. The number of benzene rings is 1. The average molecular weight is 302 g/mol. The van der Waals surface area contributed by atoms with Gasteiger partial charge in [0, 0.05) is 19.8 Å². The Morgan fingerprint density at radius 3 is 2.50 bits per heavy atom. The van der Waals surface area contributed by atoms with Crippen molar-refractivity contribution in [1.29, 1.82) is 0 Å². The van der Waals surface area contributed by atoms with Gasteiger partial charge >= 0.3 is 5.69 Å². The highest BCUT2D eigenvalue weighted by atomic mass is 16.6. The molecule has 1 heterocycles. The molecule has 0 fully saturated rings. The molecule has 0 unspecified atom stereocenters. The summed E-state index contributed by atoms with van der Waals surface area (Å²) in [5, 5.41) is 16.0. The lowest BCUT2D eigenvalue weighted by molar-refractivity contribution is -0.383. The van der Waals surface area contributed by atoms with Crippen LogP contribution in [0, 0.1) is 24.0 Å². The van der Waals surface area contributed by atoms with Crippen molar-refractivity contribution in [2.24, 2.45) is 0 Å². The first kappa shape index (κ1) is 15.6. The summed E-state index contributed by atoms with van der Waals surface area (Å²) in [6.45, 7) is 3.88. The van der Waals surface area contributed by atoms with Crippen LogP contribution in [0.15, 0.2) is 24.5 Å². The van der Waals surface area contributed by atoms with Crippen LogP contribution in [0.3, 0.4) is 0 Å². The molecule has 1 aromatic heterocycles. The fraction of sp³-hybridized carbons (Fsp3) is 0.286. The fourth-order valence-electron chi connectivity index (χ4n) is 1.93. The van der Waals surface area contributed by atoms with Gasteiger partial charge in [-0.25, -0.2) is 15.0 Å². The third-order valence-corrected chi connectivity index (χ3v) is 2.98. The van der Waals surface area contributed by atoms with Crippen molar-refractivity contribution in [2.75, 3.05) is 24.8 Å². The largest absolute Gasteiger partial charge is 0.354 e. The van der Waals surface area contributed by atoms with Crippen LogP contribution in [0.5, 0.6) is 0 Å². The molecule has 0 bridgehead atoms. The summed E-state index contributed by atoms with van der Waals surface area (Å²) in [6.07, 6.45) is 1.28. The van der Waals surface area contributed by atoms with E-state index in [2.05, 4.69) is 20.7 Å². The van der Waals surface area contributed by atoms with E-state index in [0.29, 0.717) is 0 Å². The topological polar surface area (TPSA) is 96.2 Å². The Balaban J connectivity index is 2.46. The number of nitrogens with one attached hydrogen (secondary N) is 2. The highest BCUT2D eigenvalue weighted by Crippen LogP contribution is 2.32. The third kappa shape index (κ3) is 3.47. The Hall–Kier alpha value is -2.74. The SMILES string of the molecule is Cc1ccc(C)c(Nc2ncnc(NN(C)C)c2[N+](=O)[O-])c1. The van der Waals surface area contributed by atoms with Crippen LogP contribution >= 0.6 is 0 Å². The summed E-state index contributed by atoms with van der Waals surface area (Å²) < 4.78 is 0. The monoisotopic (exact) mass is 302 g/mol. The molecule has 0 aliphatic rings. The molecule has 0 spiro atoms. The lowest BCUT2D eigenvalue weighted by Gasteiger charge is -2.14. The summed E-state index contributed by atoms with van der Waals surface area (Å²) in [4.78, 5) is 18.8. The molecule has 116 valence electrons. The van der Waals surface area contributed by atoms with Crippen molar-refractivity contribution >= 4 is 23.0 Å². The molecule has 2 aromatic rings. The van der Waals surface area contributed by atoms with Gasteiger partial charge in [0.05, 0.1) is 4.92 Å². The molecule has 2 N–H and O–H groups in total. The van der Waals surface area contributed by atoms with Crippen LogP contribution in [0.25, 0.3) is 0 Å². The fourth-order valence-corrected chi connectivity index (χ4v) is 1.93. The van der Waals surface area contributed by atoms with Gasteiger partial charge in [-0.2, -0.15) is 0 Å². The Morgan fingerprint density at radius 2 is 1.86 bits per heavy atom. The molecule has 0 aliphatic heterocycles. The minimum Gasteiger partial charge on any atom is -0.334 e. The molecular formula is C14H18N6O2. The van der Waals surface area contributed by atoms with Crippen molar-refractivity contribution in [3.8, 4) is 0 Å². The number of aryl methyl sites for hydroxylation is 2. The zero-order chi connectivity index (χ0) is 16.3. The summed E-state index contributed by atoms with van der Waals surface area (Å²) in [6, 6.07) is 5.85. The van der Waals surface area contributed by atoms with E-state index in [1.54, 1.807) is 19.1 Å². The maximum atomic E-state index is 11.4. The first-order valence-electron chi connectivity index (χ1n) is 6.66. The maximum absolute atomic E-state index is 11.4. The number of nitrogens with zero attached hydrogens (tertiary/aromatic N) is 4. The lowest BCUT2D eigenvalue weighted by Crippen LogP contribution is -2.21. The van der Waals surface area contributed by atoms with E-state index in [-0.39, 0.29) is 17.3 Å². The molecule has 2 rings (SSSR count). The predicted molar refractivity (Wildman–Crippen MR) is 85.2 cm³/mol. The zero-order valence-corrected chi connectivity index (χ0v) is 12.9. The minimum atomic E-state index is -0.501. The summed E-state index contributed by atoms with van der Waals surface area (Å²) in [5.41, 5.74) is 5.41. The van der Waals surface area contributed by atoms with Gasteiger partial charge in [-0.15, -0.1) is 0 Å². The molecule has 0 aliphatic carbocycles. The first-order chi connectivity index (χ1) is 10.4. The van der Waals surface area contributed by atoms with E-state index >= 15 is 0 Å². The van der Waals surface area contributed by atoms with Crippen LogP contribution in [0.2, 0.25) is 0 Å². The van der Waals surface area contributed by atoms with E-state index < -0.39 is 4.92 Å². The Bertz CT molecular complexity index is 702. The molecule has 8 nitrogen and oxygen atoms in total. The summed E-state index contributed by atoms with van der Waals surface area (Å²) in [7, 11) is 3.45. The molecule has 8 heteroatoms. The van der Waals surface area contributed by atoms with Gasteiger partial charge in [0.15, 0.2) is 0 Å². The van der Waals surface area contributed by atoms with Gasteiger partial charge in [0.1, 0.15) is 6.33 Å². The third-order valence-electron chi connectivity index (χ3n) is 2.98. The van der Waals surface area contributed by atoms with Gasteiger partial charge in [-0.05, 0) is 31.0 Å². The van der Waals surface area contributed by atoms with E-state index in [0.717, 1.165) is 16.8 Å². The van der Waals surface area contributed by atoms with Crippen LogP contribution < -0.4 is 10.7 Å². The van der Waals surface area contributed by atoms with Crippen LogP contribution in [-0.2, 0) is 0 Å². The normalized spacial score (nSPS) is 10.6. The number of hydrogen-bond donors (Lipinski definition) is 2. The van der Waals surface area contributed by atoms with E-state index in [4.69, 9.17) is 0 Å². The number of hydrazine groups is 1. The first-order valence-corrected chi connectivity index (χ1v) is 6.66. The minimum absolute atomic E-state index is 0.137. The molecule has 22 heavy (non-hydrogen) atoms. The second-order valence-corrected chi connectivity index (χ2v) is 5.13. The van der Waals surface area contributed by atoms with E-state index in [9.17, 15) is 10.1 Å². The van der Waals surface area contributed by atoms with Gasteiger partial charge in [0.25, 0.3) is 0 Å². The van der Waals surface area contributed by atoms with Crippen molar-refractivity contribution < 1.29 is 4.92 Å². The number of aromatic nitrogens is 2. The Kier molecular flexibility index (Phi) is 4.52. The van der Waals surface area contributed by atoms with Crippen LogP contribution in [0.4, 0.5) is 23.0 Å². The van der Waals surface area contributed by atoms with Crippen LogP contribution in [-0.4, -0.2) is 34.0 Å². The number of nitro groups is 1.